The zero-order valence-corrected chi connectivity index (χ0v) is 11.4. The van der Waals surface area contributed by atoms with Crippen LogP contribution in [0.2, 0.25) is 0 Å². The fraction of sp³-hybridized carbons (Fsp3) is 0.538. The van der Waals surface area contributed by atoms with Gasteiger partial charge in [-0.1, -0.05) is 6.92 Å². The third kappa shape index (κ3) is 2.49. The van der Waals surface area contributed by atoms with E-state index in [1.54, 1.807) is 18.3 Å². The van der Waals surface area contributed by atoms with Crippen molar-refractivity contribution in [1.29, 1.82) is 0 Å². The predicted octanol–water partition coefficient (Wildman–Crippen LogP) is 0.765. The monoisotopic (exact) mass is 275 g/mol. The Labute approximate surface area is 116 Å². The Hall–Kier alpha value is -2.02. The third-order valence-electron chi connectivity index (χ3n) is 3.53. The van der Waals surface area contributed by atoms with Gasteiger partial charge in [0, 0.05) is 25.9 Å². The molecule has 0 spiro atoms. The highest BCUT2D eigenvalue weighted by molar-refractivity contribution is 5.94. The molecular formula is C13H17N5O2. The molecule has 1 saturated heterocycles. The molecule has 1 aliphatic heterocycles. The van der Waals surface area contributed by atoms with Crippen molar-refractivity contribution in [2.75, 3.05) is 19.7 Å². The van der Waals surface area contributed by atoms with Crippen LogP contribution in [-0.4, -0.2) is 56.6 Å². The van der Waals surface area contributed by atoms with Gasteiger partial charge >= 0.3 is 0 Å². The van der Waals surface area contributed by atoms with Gasteiger partial charge < -0.3 is 9.64 Å². The molecule has 0 aliphatic carbocycles. The largest absolute Gasteiger partial charge is 0.376 e. The second-order valence-corrected chi connectivity index (χ2v) is 4.91. The van der Waals surface area contributed by atoms with Crippen molar-refractivity contribution in [3.8, 4) is 0 Å². The lowest BCUT2D eigenvalue weighted by Gasteiger charge is -2.23. The highest BCUT2D eigenvalue weighted by atomic mass is 16.5. The molecule has 2 aromatic rings. The van der Waals surface area contributed by atoms with E-state index in [-0.39, 0.29) is 12.0 Å². The van der Waals surface area contributed by atoms with E-state index in [0.29, 0.717) is 24.4 Å². The van der Waals surface area contributed by atoms with Gasteiger partial charge in [0.25, 0.3) is 5.91 Å². The van der Waals surface area contributed by atoms with Gasteiger partial charge in [0.1, 0.15) is 0 Å². The van der Waals surface area contributed by atoms with Gasteiger partial charge in [0.15, 0.2) is 5.65 Å². The van der Waals surface area contributed by atoms with Crippen LogP contribution >= 0.6 is 0 Å². The molecule has 3 heterocycles. The number of carbonyl (C=O) groups is 1. The van der Waals surface area contributed by atoms with E-state index in [4.69, 9.17) is 4.74 Å². The number of nitrogens with zero attached hydrogens (tertiary/aromatic N) is 5. The van der Waals surface area contributed by atoms with Crippen LogP contribution < -0.4 is 0 Å². The summed E-state index contributed by atoms with van der Waals surface area (Å²) in [6.07, 6.45) is 3.58. The van der Waals surface area contributed by atoms with Crippen molar-refractivity contribution in [3.05, 3.63) is 23.9 Å². The maximum Gasteiger partial charge on any atom is 0.255 e. The second-order valence-electron chi connectivity index (χ2n) is 4.91. The quantitative estimate of drug-likeness (QED) is 0.809. The zero-order chi connectivity index (χ0) is 13.9. The summed E-state index contributed by atoms with van der Waals surface area (Å²) in [5, 5.41) is 11.2. The molecule has 0 radical (unpaired) electrons. The Morgan fingerprint density at radius 1 is 1.50 bits per heavy atom. The number of rotatable bonds is 2. The number of fused-ring (bicyclic) bond motifs is 1. The minimum Gasteiger partial charge on any atom is -0.376 e. The van der Waals surface area contributed by atoms with Crippen LogP contribution in [0.25, 0.3) is 5.65 Å². The maximum absolute atomic E-state index is 12.6. The maximum atomic E-state index is 12.6. The third-order valence-corrected chi connectivity index (χ3v) is 3.53. The van der Waals surface area contributed by atoms with E-state index >= 15 is 0 Å². The first-order valence-electron chi connectivity index (χ1n) is 6.86. The number of aromatic nitrogens is 4. The highest BCUT2D eigenvalue weighted by Crippen LogP contribution is 2.13. The van der Waals surface area contributed by atoms with E-state index in [1.165, 1.54) is 4.52 Å². The summed E-state index contributed by atoms with van der Waals surface area (Å²) < 4.78 is 7.21. The molecule has 1 aliphatic rings. The lowest BCUT2D eigenvalue weighted by Crippen LogP contribution is -2.36. The second kappa shape index (κ2) is 5.54. The molecule has 1 unspecified atom stereocenters. The zero-order valence-electron chi connectivity index (χ0n) is 11.4. The minimum absolute atomic E-state index is 0.00588. The average Bonchev–Trinajstić information content (AvgIpc) is 2.81. The first-order valence-corrected chi connectivity index (χ1v) is 6.86. The Morgan fingerprint density at radius 2 is 2.40 bits per heavy atom. The van der Waals surface area contributed by atoms with Crippen molar-refractivity contribution < 1.29 is 9.53 Å². The van der Waals surface area contributed by atoms with Crippen LogP contribution in [0.4, 0.5) is 0 Å². The van der Waals surface area contributed by atoms with E-state index in [1.807, 2.05) is 4.90 Å². The Balaban J connectivity index is 1.82. The predicted molar refractivity (Wildman–Crippen MR) is 71.3 cm³/mol. The number of ether oxygens (including phenoxy) is 1. The summed E-state index contributed by atoms with van der Waals surface area (Å²) in [5.74, 6) is 0.00588. The lowest BCUT2D eigenvalue weighted by atomic mass is 10.2. The molecule has 7 nitrogen and oxygen atoms in total. The molecular weight excluding hydrogens is 258 g/mol. The van der Waals surface area contributed by atoms with Crippen molar-refractivity contribution in [1.82, 2.24) is 24.9 Å². The Kier molecular flexibility index (Phi) is 3.60. The number of carbonyl (C=O) groups excluding carboxylic acids is 1. The van der Waals surface area contributed by atoms with Crippen molar-refractivity contribution in [3.63, 3.8) is 0 Å². The summed E-state index contributed by atoms with van der Waals surface area (Å²) >= 11 is 0. The van der Waals surface area contributed by atoms with Gasteiger partial charge in [0.05, 0.1) is 11.7 Å². The molecule has 106 valence electrons. The fourth-order valence-corrected chi connectivity index (χ4v) is 2.38. The van der Waals surface area contributed by atoms with Gasteiger partial charge in [-0.05, 0) is 35.4 Å². The van der Waals surface area contributed by atoms with Crippen LogP contribution in [0.5, 0.6) is 0 Å². The van der Waals surface area contributed by atoms with Crippen molar-refractivity contribution in [2.45, 2.75) is 25.9 Å². The molecule has 0 N–H and O–H groups in total. The van der Waals surface area contributed by atoms with Crippen LogP contribution in [-0.2, 0) is 4.74 Å². The lowest BCUT2D eigenvalue weighted by molar-refractivity contribution is 0.0460. The first-order chi connectivity index (χ1) is 9.78. The van der Waals surface area contributed by atoms with Crippen molar-refractivity contribution >= 4 is 11.6 Å². The number of hydrogen-bond donors (Lipinski definition) is 0. The van der Waals surface area contributed by atoms with E-state index < -0.39 is 0 Å². The molecule has 1 fully saturated rings. The van der Waals surface area contributed by atoms with Gasteiger partial charge in [-0.3, -0.25) is 4.79 Å². The molecule has 1 amide bonds. The smallest absolute Gasteiger partial charge is 0.255 e. The number of amides is 1. The molecule has 0 bridgehead atoms. The van der Waals surface area contributed by atoms with Crippen LogP contribution in [0.1, 0.15) is 30.1 Å². The molecule has 0 saturated carbocycles. The molecule has 20 heavy (non-hydrogen) atoms. The first kappa shape index (κ1) is 13.0. The highest BCUT2D eigenvalue weighted by Gasteiger charge is 2.22. The molecule has 3 rings (SSSR count). The Morgan fingerprint density at radius 3 is 3.25 bits per heavy atom. The van der Waals surface area contributed by atoms with Gasteiger partial charge in [0.2, 0.25) is 0 Å². The number of tetrazole rings is 1. The Bertz CT molecular complexity index is 612. The summed E-state index contributed by atoms with van der Waals surface area (Å²) in [7, 11) is 0. The van der Waals surface area contributed by atoms with Gasteiger partial charge in [-0.2, -0.15) is 4.52 Å². The summed E-state index contributed by atoms with van der Waals surface area (Å²) in [5.41, 5.74) is 1.23. The molecule has 0 aromatic carbocycles. The van der Waals surface area contributed by atoms with Crippen LogP contribution in [0, 0.1) is 0 Å². The van der Waals surface area contributed by atoms with Crippen LogP contribution in [0.15, 0.2) is 18.3 Å². The van der Waals surface area contributed by atoms with Crippen molar-refractivity contribution in [2.24, 2.45) is 0 Å². The normalized spacial score (nSPS) is 20.1. The standard InChI is InChI=1S/C13H17N5O2/c1-2-11-9-17(6-3-7-20-11)13(19)10-4-5-12-14-15-16-18(12)8-10/h4-5,8,11H,2-3,6-7,9H2,1H3. The topological polar surface area (TPSA) is 72.6 Å². The minimum atomic E-state index is 0.00588. The summed E-state index contributed by atoms with van der Waals surface area (Å²) in [6.45, 7) is 4.16. The SMILES string of the molecule is CCC1CN(C(=O)c2ccc3nnnn3c2)CCCO1. The molecule has 1 atom stereocenters. The van der Waals surface area contributed by atoms with Crippen LogP contribution in [0.3, 0.4) is 0 Å². The van der Waals surface area contributed by atoms with E-state index in [2.05, 4.69) is 22.4 Å². The van der Waals surface area contributed by atoms with E-state index in [9.17, 15) is 4.79 Å². The van der Waals surface area contributed by atoms with Gasteiger partial charge in [-0.15, -0.1) is 5.10 Å². The molecule has 7 heteroatoms. The van der Waals surface area contributed by atoms with Gasteiger partial charge in [-0.25, -0.2) is 0 Å². The molecule has 2 aromatic heterocycles. The fourth-order valence-electron chi connectivity index (χ4n) is 2.38. The summed E-state index contributed by atoms with van der Waals surface area (Å²) in [4.78, 5) is 14.4. The van der Waals surface area contributed by atoms with E-state index in [0.717, 1.165) is 19.4 Å². The number of pyridine rings is 1. The number of hydrogen-bond acceptors (Lipinski definition) is 5. The summed E-state index contributed by atoms with van der Waals surface area (Å²) in [6, 6.07) is 3.51. The average molecular weight is 275 g/mol.